The average Bonchev–Trinajstić information content (AvgIpc) is 2.77. The first-order valence-corrected chi connectivity index (χ1v) is 10.6. The Bertz CT molecular complexity index is 671. The van der Waals surface area contributed by atoms with Gasteiger partial charge in [-0.25, -0.2) is 0 Å². The predicted molar refractivity (Wildman–Crippen MR) is 92.5 cm³/mol. The molecule has 24 heavy (non-hydrogen) atoms. The summed E-state index contributed by atoms with van der Waals surface area (Å²) in [6.07, 6.45) is 2.44. The molecule has 1 aliphatic rings. The van der Waals surface area contributed by atoms with Gasteiger partial charge in [-0.3, -0.25) is 19.0 Å². The summed E-state index contributed by atoms with van der Waals surface area (Å²) < 4.78 is 29.5. The number of benzene rings is 1. The van der Waals surface area contributed by atoms with E-state index in [0.29, 0.717) is 41.6 Å². The summed E-state index contributed by atoms with van der Waals surface area (Å²) in [6, 6.07) is 6.84. The minimum atomic E-state index is -3.96. The van der Waals surface area contributed by atoms with Crippen molar-refractivity contribution in [3.05, 3.63) is 35.4 Å². The van der Waals surface area contributed by atoms with Crippen molar-refractivity contribution < 1.29 is 22.6 Å². The van der Waals surface area contributed by atoms with Crippen molar-refractivity contribution in [2.45, 2.75) is 19.3 Å². The van der Waals surface area contributed by atoms with Crippen LogP contribution in [-0.4, -0.2) is 55.1 Å². The van der Waals surface area contributed by atoms with Gasteiger partial charge in [0.25, 0.3) is 11.8 Å². The highest BCUT2D eigenvalue weighted by Gasteiger charge is 2.34. The average molecular weight is 372 g/mol. The second-order valence-corrected chi connectivity index (χ2v) is 8.84. The van der Waals surface area contributed by atoms with Crippen LogP contribution >= 0.6 is 10.8 Å². The van der Waals surface area contributed by atoms with Gasteiger partial charge < -0.3 is 5.32 Å². The van der Waals surface area contributed by atoms with E-state index in [1.165, 1.54) is 4.90 Å². The lowest BCUT2D eigenvalue weighted by Crippen LogP contribution is -2.30. The summed E-state index contributed by atoms with van der Waals surface area (Å²) in [7, 11) is -3.46. The van der Waals surface area contributed by atoms with E-state index < -0.39 is 9.15 Å². The lowest BCUT2D eigenvalue weighted by atomic mass is 10.1. The Morgan fingerprint density at radius 3 is 2.21 bits per heavy atom. The van der Waals surface area contributed by atoms with Crippen molar-refractivity contribution in [2.75, 3.05) is 25.4 Å². The second-order valence-electron chi connectivity index (χ2n) is 5.37. The lowest BCUT2D eigenvalue weighted by molar-refractivity contribution is 0.0651. The van der Waals surface area contributed by atoms with Crippen LogP contribution in [0.4, 0.5) is 0 Å². The number of amides is 2. The fourth-order valence-electron chi connectivity index (χ4n) is 2.48. The standard InChI is InChI=1S/C15H20N2O5S2/c18-14-12-6-2-3-7-13(12)15(19)17(14)10-5-1-4-8-16-9-11-23-24(20,21)22/h2-3,6-7,16H,1,4-5,8-11H2,(H,20,21,22). The third-order valence-electron chi connectivity index (χ3n) is 3.62. The maximum Gasteiger partial charge on any atom is 0.319 e. The number of unbranched alkanes of at least 4 members (excludes halogenated alkanes) is 2. The van der Waals surface area contributed by atoms with E-state index >= 15 is 0 Å². The molecule has 0 saturated heterocycles. The van der Waals surface area contributed by atoms with Gasteiger partial charge in [-0.15, -0.1) is 0 Å². The van der Waals surface area contributed by atoms with E-state index in [1.54, 1.807) is 24.3 Å². The number of nitrogens with one attached hydrogen (secondary N) is 1. The molecule has 0 saturated carbocycles. The highest BCUT2D eigenvalue weighted by Crippen LogP contribution is 2.22. The minimum Gasteiger partial charge on any atom is -0.316 e. The molecule has 0 radical (unpaired) electrons. The summed E-state index contributed by atoms with van der Waals surface area (Å²) in [6.45, 7) is 1.61. The van der Waals surface area contributed by atoms with E-state index in [2.05, 4.69) is 5.32 Å². The highest BCUT2D eigenvalue weighted by atomic mass is 33.1. The molecule has 132 valence electrons. The van der Waals surface area contributed by atoms with Gasteiger partial charge in [-0.05, 0) is 42.3 Å². The van der Waals surface area contributed by atoms with Gasteiger partial charge in [0, 0.05) is 18.8 Å². The Balaban J connectivity index is 1.59. The first-order valence-electron chi connectivity index (χ1n) is 7.68. The van der Waals surface area contributed by atoms with Crippen LogP contribution in [0.1, 0.15) is 40.0 Å². The fraction of sp³-hybridized carbons (Fsp3) is 0.467. The molecule has 2 N–H and O–H groups in total. The minimum absolute atomic E-state index is 0.226. The first-order chi connectivity index (χ1) is 11.4. The van der Waals surface area contributed by atoms with Crippen LogP contribution in [0, 0.1) is 0 Å². The van der Waals surface area contributed by atoms with Crippen molar-refractivity contribution >= 4 is 31.8 Å². The molecule has 0 aromatic heterocycles. The smallest absolute Gasteiger partial charge is 0.316 e. The van der Waals surface area contributed by atoms with Crippen LogP contribution in [0.3, 0.4) is 0 Å². The van der Waals surface area contributed by atoms with Gasteiger partial charge in [0.05, 0.1) is 11.1 Å². The maximum atomic E-state index is 12.1. The fourth-order valence-corrected chi connectivity index (χ4v) is 3.80. The molecule has 1 aromatic rings. The molecule has 0 bridgehead atoms. The molecule has 1 heterocycles. The molecule has 2 rings (SSSR count). The van der Waals surface area contributed by atoms with E-state index in [0.717, 1.165) is 19.3 Å². The molecule has 7 nitrogen and oxygen atoms in total. The van der Waals surface area contributed by atoms with Gasteiger partial charge in [-0.1, -0.05) is 18.6 Å². The Hall–Kier alpha value is -1.42. The van der Waals surface area contributed by atoms with Crippen LogP contribution in [0.25, 0.3) is 0 Å². The zero-order valence-corrected chi connectivity index (χ0v) is 14.7. The largest absolute Gasteiger partial charge is 0.319 e. The van der Waals surface area contributed by atoms with Crippen LogP contribution in [0.15, 0.2) is 24.3 Å². The summed E-state index contributed by atoms with van der Waals surface area (Å²) in [5, 5.41) is 3.07. The quantitative estimate of drug-likeness (QED) is 0.278. The van der Waals surface area contributed by atoms with Crippen LogP contribution < -0.4 is 5.32 Å². The first kappa shape index (κ1) is 18.9. The van der Waals surface area contributed by atoms with Gasteiger partial charge in [-0.2, -0.15) is 8.42 Å². The molecular weight excluding hydrogens is 352 g/mol. The number of nitrogens with zero attached hydrogens (tertiary/aromatic N) is 1. The summed E-state index contributed by atoms with van der Waals surface area (Å²) in [4.78, 5) is 25.6. The third kappa shape index (κ3) is 5.30. The van der Waals surface area contributed by atoms with Crippen molar-refractivity contribution in [2.24, 2.45) is 0 Å². The molecule has 1 aliphatic heterocycles. The number of hydrogen-bond acceptors (Lipinski definition) is 6. The van der Waals surface area contributed by atoms with Gasteiger partial charge in [0.2, 0.25) is 0 Å². The molecule has 1 aromatic carbocycles. The van der Waals surface area contributed by atoms with Gasteiger partial charge in [0.1, 0.15) is 0 Å². The van der Waals surface area contributed by atoms with Crippen LogP contribution in [-0.2, 0) is 9.15 Å². The molecule has 2 amide bonds. The summed E-state index contributed by atoms with van der Waals surface area (Å²) in [5.41, 5.74) is 0.945. The summed E-state index contributed by atoms with van der Waals surface area (Å²) >= 11 is 0. The second kappa shape index (κ2) is 8.61. The SMILES string of the molecule is O=C1c2ccccc2C(=O)N1CCCCCNCCSS(=O)(=O)O. The van der Waals surface area contributed by atoms with Gasteiger partial charge in [0.15, 0.2) is 0 Å². The Morgan fingerprint density at radius 2 is 1.62 bits per heavy atom. The van der Waals surface area contributed by atoms with Crippen molar-refractivity contribution in [3.8, 4) is 0 Å². The monoisotopic (exact) mass is 372 g/mol. The Labute approximate surface area is 144 Å². The van der Waals surface area contributed by atoms with E-state index in [4.69, 9.17) is 4.55 Å². The molecular formula is C15H20N2O5S2. The zero-order valence-electron chi connectivity index (χ0n) is 13.1. The number of carbonyl (C=O) groups excluding carboxylic acids is 2. The number of imide groups is 1. The topological polar surface area (TPSA) is 104 Å². The number of hydrogen-bond donors (Lipinski definition) is 2. The number of carbonyl (C=O) groups is 2. The van der Waals surface area contributed by atoms with Crippen LogP contribution in [0.2, 0.25) is 0 Å². The van der Waals surface area contributed by atoms with Crippen molar-refractivity contribution in [3.63, 3.8) is 0 Å². The normalized spacial score (nSPS) is 14.3. The Kier molecular flexibility index (Phi) is 6.79. The highest BCUT2D eigenvalue weighted by molar-refractivity contribution is 8.69. The van der Waals surface area contributed by atoms with E-state index in [9.17, 15) is 18.0 Å². The van der Waals surface area contributed by atoms with Crippen molar-refractivity contribution in [1.82, 2.24) is 10.2 Å². The number of rotatable bonds is 10. The van der Waals surface area contributed by atoms with Crippen molar-refractivity contribution in [1.29, 1.82) is 0 Å². The Morgan fingerprint density at radius 1 is 1.00 bits per heavy atom. The molecule has 0 aliphatic carbocycles. The zero-order chi connectivity index (χ0) is 17.6. The molecule has 9 heteroatoms. The van der Waals surface area contributed by atoms with Crippen LogP contribution in [0.5, 0.6) is 0 Å². The molecule has 0 atom stereocenters. The third-order valence-corrected chi connectivity index (χ3v) is 5.69. The molecule has 0 spiro atoms. The van der Waals surface area contributed by atoms with Gasteiger partial charge >= 0.3 is 9.15 Å². The number of fused-ring (bicyclic) bond motifs is 1. The van der Waals surface area contributed by atoms with E-state index in [1.807, 2.05) is 0 Å². The lowest BCUT2D eigenvalue weighted by Gasteiger charge is -2.13. The maximum absolute atomic E-state index is 12.1. The van der Waals surface area contributed by atoms with E-state index in [-0.39, 0.29) is 17.6 Å². The summed E-state index contributed by atoms with van der Waals surface area (Å²) in [5.74, 6) is -0.166. The molecule has 0 unspecified atom stereocenters. The molecule has 0 fully saturated rings. The predicted octanol–water partition coefficient (Wildman–Crippen LogP) is 1.58.